The van der Waals surface area contributed by atoms with Crippen molar-refractivity contribution in [2.45, 2.75) is 33.2 Å². The Labute approximate surface area is 203 Å². The number of piperazine rings is 1. The molecule has 0 spiro atoms. The Morgan fingerprint density at radius 1 is 1.11 bits per heavy atom. The SMILES string of the molecule is CC(=O)N1CCN(c2cc(-c3cc(-c4cnn(C)c4)c4c(N)ncnn34)ccc2C)C(=O)C1(C)C. The molecule has 1 aromatic carbocycles. The Bertz CT molecular complexity index is 1480. The van der Waals surface area contributed by atoms with Gasteiger partial charge in [0.15, 0.2) is 5.82 Å². The summed E-state index contributed by atoms with van der Waals surface area (Å²) in [7, 11) is 1.86. The zero-order valence-corrected chi connectivity index (χ0v) is 20.5. The monoisotopic (exact) mass is 472 g/mol. The van der Waals surface area contributed by atoms with Gasteiger partial charge in [-0.3, -0.25) is 14.3 Å². The summed E-state index contributed by atoms with van der Waals surface area (Å²) in [6, 6.07) is 8.02. The first-order chi connectivity index (χ1) is 16.6. The molecule has 0 radical (unpaired) electrons. The van der Waals surface area contributed by atoms with E-state index in [1.807, 2.05) is 44.4 Å². The highest BCUT2D eigenvalue weighted by Crippen LogP contribution is 2.37. The maximum Gasteiger partial charge on any atom is 0.252 e. The van der Waals surface area contributed by atoms with E-state index in [1.54, 1.807) is 39.0 Å². The Hall–Kier alpha value is -4.21. The largest absolute Gasteiger partial charge is 0.382 e. The minimum Gasteiger partial charge on any atom is -0.382 e. The number of nitrogen functional groups attached to an aromatic ring is 1. The number of fused-ring (bicyclic) bond motifs is 1. The van der Waals surface area contributed by atoms with Crippen LogP contribution in [0.15, 0.2) is 43.0 Å². The molecule has 180 valence electrons. The molecular weight excluding hydrogens is 444 g/mol. The quantitative estimate of drug-likeness (QED) is 0.490. The van der Waals surface area contributed by atoms with Gasteiger partial charge >= 0.3 is 0 Å². The number of benzene rings is 1. The first-order valence-corrected chi connectivity index (χ1v) is 11.4. The van der Waals surface area contributed by atoms with Gasteiger partial charge < -0.3 is 15.5 Å². The molecule has 2 N–H and O–H groups in total. The molecule has 4 heterocycles. The zero-order valence-electron chi connectivity index (χ0n) is 20.5. The normalized spacial score (nSPS) is 15.7. The third kappa shape index (κ3) is 3.52. The molecule has 10 nitrogen and oxygen atoms in total. The molecule has 2 amide bonds. The maximum absolute atomic E-state index is 13.5. The van der Waals surface area contributed by atoms with Crippen molar-refractivity contribution >= 4 is 28.8 Å². The molecule has 0 bridgehead atoms. The van der Waals surface area contributed by atoms with Crippen LogP contribution < -0.4 is 10.6 Å². The molecule has 1 fully saturated rings. The molecule has 0 aliphatic carbocycles. The Kier molecular flexibility index (Phi) is 5.12. The van der Waals surface area contributed by atoms with E-state index < -0.39 is 5.54 Å². The second kappa shape index (κ2) is 7.93. The highest BCUT2D eigenvalue weighted by Gasteiger charge is 2.43. The number of hydrogen-bond donors (Lipinski definition) is 1. The molecular formula is C25H28N8O2. The highest BCUT2D eigenvalue weighted by atomic mass is 16.2. The number of carbonyl (C=O) groups excluding carboxylic acids is 2. The first kappa shape index (κ1) is 22.6. The van der Waals surface area contributed by atoms with Crippen molar-refractivity contribution in [2.24, 2.45) is 7.05 Å². The van der Waals surface area contributed by atoms with E-state index in [2.05, 4.69) is 15.2 Å². The summed E-state index contributed by atoms with van der Waals surface area (Å²) in [4.78, 5) is 33.2. The predicted octanol–water partition coefficient (Wildman–Crippen LogP) is 2.66. The number of rotatable bonds is 3. The highest BCUT2D eigenvalue weighted by molar-refractivity contribution is 6.03. The van der Waals surface area contributed by atoms with Crippen LogP contribution in [0.4, 0.5) is 11.5 Å². The van der Waals surface area contributed by atoms with E-state index in [1.165, 1.54) is 13.3 Å². The van der Waals surface area contributed by atoms with Crippen molar-refractivity contribution in [2.75, 3.05) is 23.7 Å². The third-order valence-corrected chi connectivity index (χ3v) is 6.76. The van der Waals surface area contributed by atoms with Crippen molar-refractivity contribution in [3.05, 3.63) is 48.5 Å². The summed E-state index contributed by atoms with van der Waals surface area (Å²) in [6.45, 7) is 7.97. The number of aromatic nitrogens is 5. The van der Waals surface area contributed by atoms with E-state index >= 15 is 0 Å². The second-order valence-electron chi connectivity index (χ2n) is 9.44. The second-order valence-corrected chi connectivity index (χ2v) is 9.44. The van der Waals surface area contributed by atoms with Gasteiger partial charge in [-0.05, 0) is 38.5 Å². The smallest absolute Gasteiger partial charge is 0.252 e. The molecule has 1 aliphatic heterocycles. The number of hydrogen-bond acceptors (Lipinski definition) is 6. The van der Waals surface area contributed by atoms with Crippen LogP contribution in [-0.2, 0) is 16.6 Å². The molecule has 1 aliphatic rings. The molecule has 5 rings (SSSR count). The Balaban J connectivity index is 1.64. The predicted molar refractivity (Wildman–Crippen MR) is 134 cm³/mol. The van der Waals surface area contributed by atoms with Gasteiger partial charge in [0.2, 0.25) is 5.91 Å². The van der Waals surface area contributed by atoms with Crippen molar-refractivity contribution in [3.63, 3.8) is 0 Å². The summed E-state index contributed by atoms with van der Waals surface area (Å²) >= 11 is 0. The summed E-state index contributed by atoms with van der Waals surface area (Å²) in [6.07, 6.45) is 5.13. The minimum atomic E-state index is -0.927. The van der Waals surface area contributed by atoms with Crippen LogP contribution in [-0.4, -0.2) is 59.7 Å². The number of carbonyl (C=O) groups is 2. The molecule has 10 heteroatoms. The Morgan fingerprint density at radius 3 is 2.57 bits per heavy atom. The van der Waals surface area contributed by atoms with E-state index in [-0.39, 0.29) is 11.8 Å². The van der Waals surface area contributed by atoms with Crippen LogP contribution in [0, 0.1) is 6.92 Å². The van der Waals surface area contributed by atoms with Crippen LogP contribution >= 0.6 is 0 Å². The van der Waals surface area contributed by atoms with Gasteiger partial charge in [0.05, 0.1) is 11.9 Å². The van der Waals surface area contributed by atoms with Crippen LogP contribution in [0.25, 0.3) is 27.9 Å². The third-order valence-electron chi connectivity index (χ3n) is 6.76. The minimum absolute atomic E-state index is 0.103. The Morgan fingerprint density at radius 2 is 1.89 bits per heavy atom. The fourth-order valence-corrected chi connectivity index (χ4v) is 4.92. The molecule has 1 saturated heterocycles. The lowest BCUT2D eigenvalue weighted by Crippen LogP contribution is -2.64. The number of nitrogens with zero attached hydrogens (tertiary/aromatic N) is 7. The lowest BCUT2D eigenvalue weighted by Gasteiger charge is -2.45. The van der Waals surface area contributed by atoms with E-state index in [0.717, 1.165) is 33.6 Å². The number of nitrogens with two attached hydrogens (primary N) is 1. The van der Waals surface area contributed by atoms with Crippen molar-refractivity contribution in [3.8, 4) is 22.4 Å². The van der Waals surface area contributed by atoms with Gasteiger partial charge in [-0.15, -0.1) is 0 Å². The average molecular weight is 473 g/mol. The molecule has 0 saturated carbocycles. The fourth-order valence-electron chi connectivity index (χ4n) is 4.92. The molecule has 4 aromatic rings. The number of amides is 2. The van der Waals surface area contributed by atoms with Crippen LogP contribution in [0.1, 0.15) is 26.3 Å². The van der Waals surface area contributed by atoms with Gasteiger partial charge in [-0.1, -0.05) is 12.1 Å². The summed E-state index contributed by atoms with van der Waals surface area (Å²) in [5, 5.41) is 8.77. The van der Waals surface area contributed by atoms with Gasteiger partial charge in [0.1, 0.15) is 17.4 Å². The number of aryl methyl sites for hydroxylation is 2. The molecule has 3 aromatic heterocycles. The number of anilines is 2. The average Bonchev–Trinajstić information content (AvgIpc) is 3.40. The van der Waals surface area contributed by atoms with E-state index in [9.17, 15) is 9.59 Å². The van der Waals surface area contributed by atoms with Crippen LogP contribution in [0.5, 0.6) is 0 Å². The lowest BCUT2D eigenvalue weighted by atomic mass is 9.95. The van der Waals surface area contributed by atoms with Crippen molar-refractivity contribution < 1.29 is 9.59 Å². The summed E-state index contributed by atoms with van der Waals surface area (Å²) in [5.74, 6) is 0.157. The fraction of sp³-hybridized carbons (Fsp3) is 0.320. The van der Waals surface area contributed by atoms with Crippen LogP contribution in [0.3, 0.4) is 0 Å². The maximum atomic E-state index is 13.5. The van der Waals surface area contributed by atoms with Gasteiger partial charge in [-0.2, -0.15) is 10.2 Å². The zero-order chi connectivity index (χ0) is 25.1. The summed E-state index contributed by atoms with van der Waals surface area (Å²) in [5.41, 5.74) is 11.3. The van der Waals surface area contributed by atoms with Gasteiger partial charge in [0.25, 0.3) is 5.91 Å². The first-order valence-electron chi connectivity index (χ1n) is 11.4. The van der Waals surface area contributed by atoms with Gasteiger partial charge in [-0.25, -0.2) is 9.50 Å². The van der Waals surface area contributed by atoms with Crippen molar-refractivity contribution in [1.82, 2.24) is 29.3 Å². The topological polar surface area (TPSA) is 115 Å². The summed E-state index contributed by atoms with van der Waals surface area (Å²) < 4.78 is 3.51. The molecule has 0 atom stereocenters. The van der Waals surface area contributed by atoms with E-state index in [4.69, 9.17) is 5.73 Å². The molecule has 0 unspecified atom stereocenters. The van der Waals surface area contributed by atoms with Crippen molar-refractivity contribution in [1.29, 1.82) is 0 Å². The lowest BCUT2D eigenvalue weighted by molar-refractivity contribution is -0.145. The van der Waals surface area contributed by atoms with Gasteiger partial charge in [0, 0.05) is 55.6 Å². The standard InChI is InChI=1S/C25H28N8O2/c1-15-6-7-17(10-20(15)31-8-9-32(16(2)34)25(3,4)24(31)35)21-11-19(18-12-28-30(5)13-18)22-23(26)27-14-29-33(21)22/h6-7,10-14H,8-9H2,1-5H3,(H2,26,27,29). The van der Waals surface area contributed by atoms with E-state index in [0.29, 0.717) is 24.4 Å². The van der Waals surface area contributed by atoms with Crippen LogP contribution in [0.2, 0.25) is 0 Å². The molecule has 35 heavy (non-hydrogen) atoms.